The lowest BCUT2D eigenvalue weighted by Crippen LogP contribution is -2.45. The van der Waals surface area contributed by atoms with E-state index in [2.05, 4.69) is 4.98 Å². The summed E-state index contributed by atoms with van der Waals surface area (Å²) in [4.78, 5) is 31.8. The molecule has 0 fully saturated rings. The minimum Gasteiger partial charge on any atom is -0.480 e. The van der Waals surface area contributed by atoms with Crippen LogP contribution in [0, 0.1) is 0 Å². The van der Waals surface area contributed by atoms with Crippen LogP contribution < -0.4 is 5.69 Å². The molecule has 6 rings (SSSR count). The fraction of sp³-hybridized carbons (Fsp3) is 0.114. The number of halogens is 3. The second-order valence-corrected chi connectivity index (χ2v) is 10.5. The van der Waals surface area contributed by atoms with Gasteiger partial charge < -0.3 is 5.11 Å². The number of hydrogen-bond donors (Lipinski definition) is 1. The predicted molar refractivity (Wildman–Crippen MR) is 161 cm³/mol. The smallest absolute Gasteiger partial charge is 0.416 e. The van der Waals surface area contributed by atoms with Crippen LogP contribution in [0.25, 0.3) is 22.3 Å². The van der Waals surface area contributed by atoms with Gasteiger partial charge in [0.2, 0.25) is 0 Å². The van der Waals surface area contributed by atoms with Crippen molar-refractivity contribution in [3.05, 3.63) is 160 Å². The van der Waals surface area contributed by atoms with Gasteiger partial charge in [0.15, 0.2) is 5.65 Å². The number of pyridine rings is 1. The average molecular weight is 594 g/mol. The minimum atomic E-state index is -4.56. The number of imidazole rings is 1. The normalized spacial score (nSPS) is 12.7. The van der Waals surface area contributed by atoms with E-state index in [9.17, 15) is 27.9 Å². The number of nitrogens with zero attached hydrogens (tertiary/aromatic N) is 3. The van der Waals surface area contributed by atoms with Crippen molar-refractivity contribution in [3.63, 3.8) is 0 Å². The van der Waals surface area contributed by atoms with Gasteiger partial charge >= 0.3 is 17.8 Å². The Hall–Kier alpha value is -5.44. The van der Waals surface area contributed by atoms with Crippen LogP contribution in [-0.2, 0) is 16.5 Å². The molecule has 2 aromatic heterocycles. The molecule has 0 bridgehead atoms. The standard InChI is InChI=1S/C35H26F3N3O3/c1-23(32(42)43)40-30-21-25(24-12-11-19-29(20-24)35(36,37)38)22-39-31(30)41(33(40)44)34(26-13-5-2-6-14-26,27-15-7-3-8-16-27)28-17-9-4-10-18-28/h2-23H,1H3,(H,42,43). The van der Waals surface area contributed by atoms with E-state index < -0.39 is 35.0 Å². The van der Waals surface area contributed by atoms with Gasteiger partial charge in [0, 0.05) is 11.8 Å². The molecule has 6 aromatic rings. The van der Waals surface area contributed by atoms with Crippen LogP contribution in [0.5, 0.6) is 0 Å². The molecule has 0 spiro atoms. The van der Waals surface area contributed by atoms with Crippen LogP contribution in [-0.4, -0.2) is 25.2 Å². The highest BCUT2D eigenvalue weighted by Gasteiger charge is 2.43. The summed E-state index contributed by atoms with van der Waals surface area (Å²) in [6.07, 6.45) is -3.15. The largest absolute Gasteiger partial charge is 0.480 e. The zero-order valence-electron chi connectivity index (χ0n) is 23.4. The molecule has 0 amide bonds. The van der Waals surface area contributed by atoms with E-state index in [-0.39, 0.29) is 16.7 Å². The van der Waals surface area contributed by atoms with E-state index >= 15 is 0 Å². The Morgan fingerprint density at radius 3 is 1.70 bits per heavy atom. The molecule has 1 N–H and O–H groups in total. The Bertz CT molecular complexity index is 1920. The Labute approximate surface area is 250 Å². The third-order valence-corrected chi connectivity index (χ3v) is 7.89. The Morgan fingerprint density at radius 1 is 0.727 bits per heavy atom. The van der Waals surface area contributed by atoms with Crippen molar-refractivity contribution in [1.82, 2.24) is 14.1 Å². The topological polar surface area (TPSA) is 77.1 Å². The highest BCUT2D eigenvalue weighted by atomic mass is 19.4. The van der Waals surface area contributed by atoms with Crippen LogP contribution in [0.4, 0.5) is 13.2 Å². The maximum atomic E-state index is 14.7. The SMILES string of the molecule is CC(C(=O)O)n1c(=O)n(C(c2ccccc2)(c2ccccc2)c2ccccc2)c2ncc(-c3cccc(C(F)(F)F)c3)cc21. The molecule has 0 aliphatic heterocycles. The van der Waals surface area contributed by atoms with E-state index in [0.29, 0.717) is 5.56 Å². The van der Waals surface area contributed by atoms with Gasteiger partial charge in [-0.1, -0.05) is 103 Å². The number of aliphatic carboxylic acids is 1. The predicted octanol–water partition coefficient (Wildman–Crippen LogP) is 7.37. The lowest BCUT2D eigenvalue weighted by molar-refractivity contribution is -0.140. The highest BCUT2D eigenvalue weighted by molar-refractivity contribution is 5.83. The maximum Gasteiger partial charge on any atom is 0.416 e. The highest BCUT2D eigenvalue weighted by Crippen LogP contribution is 2.42. The molecule has 1 unspecified atom stereocenters. The summed E-state index contributed by atoms with van der Waals surface area (Å²) in [5.41, 5.74) is 0.289. The van der Waals surface area contributed by atoms with Crippen LogP contribution in [0.3, 0.4) is 0 Å². The first-order valence-corrected chi connectivity index (χ1v) is 13.8. The summed E-state index contributed by atoms with van der Waals surface area (Å²) in [5, 5.41) is 10.1. The van der Waals surface area contributed by atoms with Crippen molar-refractivity contribution >= 4 is 17.1 Å². The van der Waals surface area contributed by atoms with Crippen molar-refractivity contribution in [2.45, 2.75) is 24.7 Å². The molecule has 0 aliphatic rings. The van der Waals surface area contributed by atoms with E-state index in [1.807, 2.05) is 91.0 Å². The number of rotatable bonds is 7. The Balaban J connectivity index is 1.76. The monoisotopic (exact) mass is 593 g/mol. The molecule has 44 heavy (non-hydrogen) atoms. The summed E-state index contributed by atoms with van der Waals surface area (Å²) in [7, 11) is 0. The van der Waals surface area contributed by atoms with Gasteiger partial charge in [-0.05, 0) is 47.4 Å². The third kappa shape index (κ3) is 4.66. The van der Waals surface area contributed by atoms with Crippen molar-refractivity contribution in [2.24, 2.45) is 0 Å². The van der Waals surface area contributed by atoms with Gasteiger partial charge in [0.05, 0.1) is 11.1 Å². The second-order valence-electron chi connectivity index (χ2n) is 10.5. The number of fused-ring (bicyclic) bond motifs is 1. The molecule has 0 aliphatic carbocycles. The molecule has 9 heteroatoms. The molecule has 4 aromatic carbocycles. The molecule has 6 nitrogen and oxygen atoms in total. The number of alkyl halides is 3. The van der Waals surface area contributed by atoms with Crippen molar-refractivity contribution in [3.8, 4) is 11.1 Å². The van der Waals surface area contributed by atoms with Gasteiger partial charge in [-0.25, -0.2) is 14.6 Å². The summed E-state index contributed by atoms with van der Waals surface area (Å²) in [6, 6.07) is 33.1. The van der Waals surface area contributed by atoms with E-state index in [0.717, 1.165) is 33.4 Å². The number of aromatic nitrogens is 3. The summed E-state index contributed by atoms with van der Waals surface area (Å²) >= 11 is 0. The molecule has 2 heterocycles. The van der Waals surface area contributed by atoms with Crippen molar-refractivity contribution in [2.75, 3.05) is 0 Å². The van der Waals surface area contributed by atoms with E-state index in [4.69, 9.17) is 0 Å². The first-order chi connectivity index (χ1) is 21.1. The molecule has 220 valence electrons. The van der Waals surface area contributed by atoms with Gasteiger partial charge in [0.1, 0.15) is 11.6 Å². The van der Waals surface area contributed by atoms with Crippen LogP contribution in [0.15, 0.2) is 132 Å². The number of hydrogen-bond acceptors (Lipinski definition) is 3. The fourth-order valence-electron chi connectivity index (χ4n) is 5.84. The van der Waals surface area contributed by atoms with Gasteiger partial charge in [-0.15, -0.1) is 0 Å². The summed E-state index contributed by atoms with van der Waals surface area (Å²) < 4.78 is 43.3. The summed E-state index contributed by atoms with van der Waals surface area (Å²) in [5.74, 6) is -1.25. The Kier molecular flexibility index (Phi) is 7.17. The minimum absolute atomic E-state index is 0.173. The molecular weight excluding hydrogens is 567 g/mol. The lowest BCUT2D eigenvalue weighted by Gasteiger charge is -2.37. The zero-order chi connectivity index (χ0) is 31.1. The van der Waals surface area contributed by atoms with Gasteiger partial charge in [-0.2, -0.15) is 13.2 Å². The molecule has 0 radical (unpaired) electrons. The summed E-state index contributed by atoms with van der Waals surface area (Å²) in [6.45, 7) is 1.39. The zero-order valence-corrected chi connectivity index (χ0v) is 23.4. The number of benzene rings is 4. The number of carboxylic acid groups (broad SMARTS) is 1. The number of carbonyl (C=O) groups is 1. The second kappa shape index (κ2) is 11.0. The maximum absolute atomic E-state index is 14.7. The third-order valence-electron chi connectivity index (χ3n) is 7.89. The van der Waals surface area contributed by atoms with E-state index in [1.165, 1.54) is 35.9 Å². The molecule has 0 saturated carbocycles. The Morgan fingerprint density at radius 2 is 1.23 bits per heavy atom. The fourth-order valence-corrected chi connectivity index (χ4v) is 5.84. The van der Waals surface area contributed by atoms with E-state index in [1.54, 1.807) is 0 Å². The van der Waals surface area contributed by atoms with Crippen LogP contribution in [0.2, 0.25) is 0 Å². The van der Waals surface area contributed by atoms with Gasteiger partial charge in [-0.3, -0.25) is 9.13 Å². The van der Waals surface area contributed by atoms with Crippen LogP contribution >= 0.6 is 0 Å². The van der Waals surface area contributed by atoms with Crippen molar-refractivity contribution in [1.29, 1.82) is 0 Å². The molecule has 1 atom stereocenters. The van der Waals surface area contributed by atoms with Crippen LogP contribution in [0.1, 0.15) is 35.2 Å². The molecule has 0 saturated heterocycles. The quantitative estimate of drug-likeness (QED) is 0.196. The van der Waals surface area contributed by atoms with Crippen molar-refractivity contribution < 1.29 is 23.1 Å². The first kappa shape index (κ1) is 28.7. The number of carboxylic acids is 1. The average Bonchev–Trinajstić information content (AvgIpc) is 3.33. The lowest BCUT2D eigenvalue weighted by atomic mass is 9.76. The van der Waals surface area contributed by atoms with Gasteiger partial charge in [0.25, 0.3) is 0 Å². The molecular formula is C35H26F3N3O3. The first-order valence-electron chi connectivity index (χ1n) is 13.8.